The predicted octanol–water partition coefficient (Wildman–Crippen LogP) is 3.44. The van der Waals surface area contributed by atoms with E-state index in [9.17, 15) is 9.90 Å². The van der Waals surface area contributed by atoms with Gasteiger partial charge in [0.2, 0.25) is 0 Å². The molecule has 0 heterocycles. The fourth-order valence-electron chi connectivity index (χ4n) is 2.96. The lowest BCUT2D eigenvalue weighted by Gasteiger charge is -2.38. The van der Waals surface area contributed by atoms with Gasteiger partial charge < -0.3 is 14.7 Å². The summed E-state index contributed by atoms with van der Waals surface area (Å²) in [6.07, 6.45) is 4.36. The zero-order chi connectivity index (χ0) is 15.6. The molecule has 1 aliphatic carbocycles. The van der Waals surface area contributed by atoms with Crippen LogP contribution in [0.2, 0.25) is 0 Å². The van der Waals surface area contributed by atoms with E-state index in [2.05, 4.69) is 13.8 Å². The first kappa shape index (κ1) is 15.7. The van der Waals surface area contributed by atoms with Gasteiger partial charge in [0.25, 0.3) is 5.91 Å². The monoisotopic (exact) mass is 291 g/mol. The average Bonchev–Trinajstić information content (AvgIpc) is 2.45. The zero-order valence-electron chi connectivity index (χ0n) is 13.3. The third-order valence-corrected chi connectivity index (χ3v) is 4.60. The van der Waals surface area contributed by atoms with Crippen molar-refractivity contribution in [1.29, 1.82) is 0 Å². The van der Waals surface area contributed by atoms with Crippen LogP contribution in [-0.2, 0) is 0 Å². The van der Waals surface area contributed by atoms with Crippen molar-refractivity contribution in [3.8, 4) is 11.5 Å². The fourth-order valence-corrected chi connectivity index (χ4v) is 2.96. The van der Waals surface area contributed by atoms with E-state index in [1.165, 1.54) is 13.2 Å². The molecule has 1 aliphatic rings. The van der Waals surface area contributed by atoms with Crippen molar-refractivity contribution in [2.45, 2.75) is 45.6 Å². The highest BCUT2D eigenvalue weighted by Gasteiger charge is 2.30. The molecule has 2 rings (SSSR count). The van der Waals surface area contributed by atoms with Crippen LogP contribution >= 0.6 is 0 Å². The molecule has 0 aliphatic heterocycles. The third kappa shape index (κ3) is 3.49. The molecule has 1 aromatic rings. The Morgan fingerprint density at radius 3 is 2.48 bits per heavy atom. The van der Waals surface area contributed by atoms with Crippen LogP contribution in [0, 0.1) is 5.41 Å². The second-order valence-corrected chi connectivity index (χ2v) is 6.70. The van der Waals surface area contributed by atoms with Crippen molar-refractivity contribution in [3.63, 3.8) is 0 Å². The number of phenols is 1. The summed E-state index contributed by atoms with van der Waals surface area (Å²) in [6.45, 7) is 4.57. The van der Waals surface area contributed by atoms with Gasteiger partial charge in [-0.15, -0.1) is 0 Å². The summed E-state index contributed by atoms with van der Waals surface area (Å²) >= 11 is 0. The van der Waals surface area contributed by atoms with Crippen LogP contribution in [0.5, 0.6) is 11.5 Å². The van der Waals surface area contributed by atoms with Gasteiger partial charge in [0, 0.05) is 18.7 Å². The minimum absolute atomic E-state index is 0.00141. The van der Waals surface area contributed by atoms with Gasteiger partial charge in [0.05, 0.1) is 7.11 Å². The van der Waals surface area contributed by atoms with Crippen molar-refractivity contribution in [2.24, 2.45) is 5.41 Å². The number of benzene rings is 1. The molecule has 0 saturated heterocycles. The van der Waals surface area contributed by atoms with Gasteiger partial charge in [-0.1, -0.05) is 13.8 Å². The molecule has 0 aromatic heterocycles. The van der Waals surface area contributed by atoms with Gasteiger partial charge in [0.15, 0.2) is 11.5 Å². The van der Waals surface area contributed by atoms with Gasteiger partial charge >= 0.3 is 0 Å². The van der Waals surface area contributed by atoms with Crippen molar-refractivity contribution in [3.05, 3.63) is 23.8 Å². The number of hydrogen-bond acceptors (Lipinski definition) is 3. The van der Waals surface area contributed by atoms with Crippen LogP contribution in [0.1, 0.15) is 49.9 Å². The van der Waals surface area contributed by atoms with Crippen LogP contribution in [0.15, 0.2) is 18.2 Å². The summed E-state index contributed by atoms with van der Waals surface area (Å²) in [5, 5.41) is 9.81. The Balaban J connectivity index is 2.07. The molecule has 0 bridgehead atoms. The topological polar surface area (TPSA) is 49.8 Å². The summed E-state index contributed by atoms with van der Waals surface area (Å²) in [5.41, 5.74) is 0.888. The SMILES string of the molecule is COc1ccc(C(=O)N(C)C2CCC(C)(C)CC2)cc1O. The molecule has 21 heavy (non-hydrogen) atoms. The van der Waals surface area contributed by atoms with E-state index in [1.54, 1.807) is 12.1 Å². The first-order chi connectivity index (χ1) is 9.84. The number of methoxy groups -OCH3 is 1. The summed E-state index contributed by atoms with van der Waals surface area (Å²) in [5.74, 6) is 0.341. The minimum atomic E-state index is -0.0438. The lowest BCUT2D eigenvalue weighted by atomic mass is 9.75. The molecule has 1 N–H and O–H groups in total. The molecule has 0 atom stereocenters. The minimum Gasteiger partial charge on any atom is -0.504 e. The molecule has 1 amide bonds. The highest BCUT2D eigenvalue weighted by atomic mass is 16.5. The molecule has 0 unspecified atom stereocenters. The molecule has 1 aromatic carbocycles. The van der Waals surface area contributed by atoms with Crippen LogP contribution in [0.25, 0.3) is 0 Å². The zero-order valence-corrected chi connectivity index (χ0v) is 13.3. The average molecular weight is 291 g/mol. The van der Waals surface area contributed by atoms with E-state index in [0.29, 0.717) is 16.7 Å². The first-order valence-electron chi connectivity index (χ1n) is 7.48. The number of rotatable bonds is 3. The molecule has 4 nitrogen and oxygen atoms in total. The van der Waals surface area contributed by atoms with Crippen molar-refractivity contribution >= 4 is 5.91 Å². The smallest absolute Gasteiger partial charge is 0.253 e. The summed E-state index contributed by atoms with van der Waals surface area (Å²) < 4.78 is 5.00. The van der Waals surface area contributed by atoms with E-state index >= 15 is 0 Å². The fraction of sp³-hybridized carbons (Fsp3) is 0.588. The van der Waals surface area contributed by atoms with Crippen molar-refractivity contribution < 1.29 is 14.6 Å². The molecule has 4 heteroatoms. The number of carbonyl (C=O) groups excluding carboxylic acids is 1. The summed E-state index contributed by atoms with van der Waals surface area (Å²) in [4.78, 5) is 14.3. The number of carbonyl (C=O) groups is 1. The van der Waals surface area contributed by atoms with E-state index in [1.807, 2.05) is 11.9 Å². The number of nitrogens with zero attached hydrogens (tertiary/aromatic N) is 1. The Bertz CT molecular complexity index is 515. The number of phenolic OH excluding ortho intramolecular Hbond substituents is 1. The lowest BCUT2D eigenvalue weighted by molar-refractivity contribution is 0.0635. The van der Waals surface area contributed by atoms with Gasteiger partial charge in [-0.2, -0.15) is 0 Å². The van der Waals surface area contributed by atoms with E-state index in [0.717, 1.165) is 25.7 Å². The van der Waals surface area contributed by atoms with Crippen molar-refractivity contribution in [2.75, 3.05) is 14.2 Å². The van der Waals surface area contributed by atoms with E-state index < -0.39 is 0 Å². The van der Waals surface area contributed by atoms with Crippen molar-refractivity contribution in [1.82, 2.24) is 4.90 Å². The van der Waals surface area contributed by atoms with E-state index in [-0.39, 0.29) is 17.7 Å². The molecule has 116 valence electrons. The lowest BCUT2D eigenvalue weighted by Crippen LogP contribution is -2.40. The second-order valence-electron chi connectivity index (χ2n) is 6.70. The van der Waals surface area contributed by atoms with Gasteiger partial charge in [-0.3, -0.25) is 4.79 Å². The highest BCUT2D eigenvalue weighted by Crippen LogP contribution is 2.37. The highest BCUT2D eigenvalue weighted by molar-refractivity contribution is 5.95. The Kier molecular flexibility index (Phi) is 4.45. The van der Waals surface area contributed by atoms with Crippen LogP contribution in [0.4, 0.5) is 0 Å². The van der Waals surface area contributed by atoms with Crippen LogP contribution < -0.4 is 4.74 Å². The third-order valence-electron chi connectivity index (χ3n) is 4.60. The first-order valence-corrected chi connectivity index (χ1v) is 7.48. The molecular formula is C17H25NO3. The maximum absolute atomic E-state index is 12.5. The van der Waals surface area contributed by atoms with Gasteiger partial charge in [-0.05, 0) is 49.3 Å². The molecule has 0 spiro atoms. The standard InChI is InChI=1S/C17H25NO3/c1-17(2)9-7-13(8-10-17)18(3)16(20)12-5-6-15(21-4)14(19)11-12/h5-6,11,13,19H,7-10H2,1-4H3. The quantitative estimate of drug-likeness (QED) is 0.928. The van der Waals surface area contributed by atoms with Crippen LogP contribution in [-0.4, -0.2) is 36.1 Å². The normalized spacial score (nSPS) is 18.3. The number of amides is 1. The number of aromatic hydroxyl groups is 1. The Hall–Kier alpha value is -1.71. The molecule has 1 fully saturated rings. The predicted molar refractivity (Wildman–Crippen MR) is 82.8 cm³/mol. The van der Waals surface area contributed by atoms with Gasteiger partial charge in [0.1, 0.15) is 0 Å². The largest absolute Gasteiger partial charge is 0.504 e. The van der Waals surface area contributed by atoms with Gasteiger partial charge in [-0.25, -0.2) is 0 Å². The van der Waals surface area contributed by atoms with Crippen LogP contribution in [0.3, 0.4) is 0 Å². The number of ether oxygens (including phenoxy) is 1. The second kappa shape index (κ2) is 5.96. The molecular weight excluding hydrogens is 266 g/mol. The number of hydrogen-bond donors (Lipinski definition) is 1. The molecule has 0 radical (unpaired) electrons. The Labute approximate surface area is 126 Å². The molecule has 1 saturated carbocycles. The Morgan fingerprint density at radius 2 is 1.95 bits per heavy atom. The summed E-state index contributed by atoms with van der Waals surface area (Å²) in [7, 11) is 3.35. The Morgan fingerprint density at radius 1 is 1.33 bits per heavy atom. The maximum Gasteiger partial charge on any atom is 0.253 e. The van der Waals surface area contributed by atoms with E-state index in [4.69, 9.17) is 4.74 Å². The summed E-state index contributed by atoms with van der Waals surface area (Å²) in [6, 6.07) is 5.09. The maximum atomic E-state index is 12.5.